The Balaban J connectivity index is 1.55. The molecular weight excluding hydrogens is 400 g/mol. The van der Waals surface area contributed by atoms with E-state index in [4.69, 9.17) is 4.42 Å². The number of piperazine rings is 1. The molecule has 7 nitrogen and oxygen atoms in total. The standard InChI is InChI=1S/C22H26N4O3S/c1-16-14-23-12-13-26(16)30(27,28)20-10-6-18(7-11-20)22-24-15-21(29-22)17-4-8-19(9-5-17)25(2)3/h4-11,15-16,23H,12-14H2,1-3H3. The molecule has 1 unspecified atom stereocenters. The molecule has 2 aromatic carbocycles. The zero-order valence-corrected chi connectivity index (χ0v) is 18.2. The molecule has 1 atom stereocenters. The summed E-state index contributed by atoms with van der Waals surface area (Å²) in [6.07, 6.45) is 1.69. The predicted molar refractivity (Wildman–Crippen MR) is 118 cm³/mol. The molecule has 0 saturated carbocycles. The van der Waals surface area contributed by atoms with Crippen LogP contribution in [0.2, 0.25) is 0 Å². The molecule has 1 saturated heterocycles. The summed E-state index contributed by atoms with van der Waals surface area (Å²) in [6.45, 7) is 3.71. The molecule has 3 aromatic rings. The number of rotatable bonds is 5. The van der Waals surface area contributed by atoms with Crippen molar-refractivity contribution in [3.63, 3.8) is 0 Å². The van der Waals surface area contributed by atoms with Crippen LogP contribution in [0.1, 0.15) is 6.92 Å². The lowest BCUT2D eigenvalue weighted by Crippen LogP contribution is -2.52. The van der Waals surface area contributed by atoms with Crippen molar-refractivity contribution in [2.75, 3.05) is 38.6 Å². The first-order valence-corrected chi connectivity index (χ1v) is 11.4. The average molecular weight is 427 g/mol. The summed E-state index contributed by atoms with van der Waals surface area (Å²) in [7, 11) is 0.468. The summed E-state index contributed by atoms with van der Waals surface area (Å²) in [5, 5.41) is 3.21. The summed E-state index contributed by atoms with van der Waals surface area (Å²) in [5.41, 5.74) is 2.78. The van der Waals surface area contributed by atoms with Gasteiger partial charge in [0.1, 0.15) is 0 Å². The first kappa shape index (κ1) is 20.6. The number of nitrogens with zero attached hydrogens (tertiary/aromatic N) is 3. The molecule has 30 heavy (non-hydrogen) atoms. The van der Waals surface area contributed by atoms with Crippen molar-refractivity contribution < 1.29 is 12.8 Å². The number of sulfonamides is 1. The number of aromatic nitrogens is 1. The van der Waals surface area contributed by atoms with Gasteiger partial charge in [-0.2, -0.15) is 4.31 Å². The summed E-state index contributed by atoms with van der Waals surface area (Å²) in [4.78, 5) is 6.69. The Hall–Kier alpha value is -2.68. The number of nitrogens with one attached hydrogen (secondary N) is 1. The molecule has 4 rings (SSSR count). The Morgan fingerprint density at radius 3 is 2.37 bits per heavy atom. The minimum Gasteiger partial charge on any atom is -0.436 e. The lowest BCUT2D eigenvalue weighted by atomic mass is 10.1. The summed E-state index contributed by atoms with van der Waals surface area (Å²) in [5.74, 6) is 1.13. The smallest absolute Gasteiger partial charge is 0.243 e. The van der Waals surface area contributed by atoms with Crippen molar-refractivity contribution >= 4 is 15.7 Å². The van der Waals surface area contributed by atoms with Crippen LogP contribution in [0.15, 0.2) is 64.0 Å². The minimum atomic E-state index is -3.52. The molecule has 1 aromatic heterocycles. The lowest BCUT2D eigenvalue weighted by molar-refractivity contribution is 0.284. The second-order valence-corrected chi connectivity index (χ2v) is 9.55. The highest BCUT2D eigenvalue weighted by molar-refractivity contribution is 7.89. The highest BCUT2D eigenvalue weighted by Crippen LogP contribution is 2.28. The Morgan fingerprint density at radius 1 is 1.07 bits per heavy atom. The number of oxazole rings is 1. The van der Waals surface area contributed by atoms with Crippen LogP contribution in [-0.2, 0) is 10.0 Å². The van der Waals surface area contributed by atoms with Gasteiger partial charge in [-0.25, -0.2) is 13.4 Å². The first-order chi connectivity index (χ1) is 14.4. The molecule has 2 heterocycles. The van der Waals surface area contributed by atoms with E-state index in [9.17, 15) is 8.42 Å². The van der Waals surface area contributed by atoms with E-state index in [1.807, 2.05) is 50.2 Å². The third-order valence-electron chi connectivity index (χ3n) is 5.32. The van der Waals surface area contributed by atoms with Crippen molar-refractivity contribution in [1.29, 1.82) is 0 Å². The fourth-order valence-corrected chi connectivity index (χ4v) is 5.18. The van der Waals surface area contributed by atoms with Crippen molar-refractivity contribution in [1.82, 2.24) is 14.6 Å². The predicted octanol–water partition coefficient (Wildman–Crippen LogP) is 3.06. The van der Waals surface area contributed by atoms with Crippen LogP contribution in [0.5, 0.6) is 0 Å². The van der Waals surface area contributed by atoms with Crippen LogP contribution in [0.3, 0.4) is 0 Å². The van der Waals surface area contributed by atoms with Crippen molar-refractivity contribution in [3.8, 4) is 22.8 Å². The molecule has 1 N–H and O–H groups in total. The zero-order valence-electron chi connectivity index (χ0n) is 17.4. The molecule has 1 aliphatic heterocycles. The van der Waals surface area contributed by atoms with Gasteiger partial charge in [-0.3, -0.25) is 0 Å². The molecule has 1 aliphatic rings. The molecule has 0 amide bonds. The Kier molecular flexibility index (Phi) is 5.64. The first-order valence-electron chi connectivity index (χ1n) is 9.93. The molecule has 8 heteroatoms. The van der Waals surface area contributed by atoms with E-state index in [1.54, 1.807) is 34.8 Å². The van der Waals surface area contributed by atoms with Gasteiger partial charge in [-0.05, 0) is 55.5 Å². The molecule has 1 fully saturated rings. The van der Waals surface area contributed by atoms with Crippen LogP contribution >= 0.6 is 0 Å². The van der Waals surface area contributed by atoms with E-state index in [-0.39, 0.29) is 10.9 Å². The van der Waals surface area contributed by atoms with Gasteiger partial charge in [-0.15, -0.1) is 0 Å². The maximum atomic E-state index is 13.0. The van der Waals surface area contributed by atoms with Gasteiger partial charge in [-0.1, -0.05) is 0 Å². The SMILES string of the molecule is CC1CNCCN1S(=O)(=O)c1ccc(-c2ncc(-c3ccc(N(C)C)cc3)o2)cc1. The summed E-state index contributed by atoms with van der Waals surface area (Å²) >= 11 is 0. The topological polar surface area (TPSA) is 78.7 Å². The maximum Gasteiger partial charge on any atom is 0.243 e. The normalized spacial score (nSPS) is 17.8. The van der Waals surface area contributed by atoms with E-state index in [1.165, 1.54) is 0 Å². The van der Waals surface area contributed by atoms with Crippen LogP contribution in [0.4, 0.5) is 5.69 Å². The Morgan fingerprint density at radius 2 is 1.73 bits per heavy atom. The van der Waals surface area contributed by atoms with Crippen LogP contribution in [0, 0.1) is 0 Å². The Labute approximate surface area is 177 Å². The highest BCUT2D eigenvalue weighted by atomic mass is 32.2. The third kappa shape index (κ3) is 3.98. The minimum absolute atomic E-state index is 0.0726. The number of anilines is 1. The van der Waals surface area contributed by atoms with Gasteiger partial charge in [0.15, 0.2) is 5.76 Å². The summed E-state index contributed by atoms with van der Waals surface area (Å²) in [6, 6.07) is 14.7. The zero-order chi connectivity index (χ0) is 21.3. The lowest BCUT2D eigenvalue weighted by Gasteiger charge is -2.32. The molecular formula is C22H26N4O3S. The van der Waals surface area contributed by atoms with E-state index in [2.05, 4.69) is 10.3 Å². The largest absolute Gasteiger partial charge is 0.436 e. The molecule has 0 radical (unpaired) electrons. The van der Waals surface area contributed by atoms with Crippen LogP contribution < -0.4 is 10.2 Å². The monoisotopic (exact) mass is 426 g/mol. The Bertz CT molecular complexity index is 1110. The third-order valence-corrected chi connectivity index (χ3v) is 7.35. The van der Waals surface area contributed by atoms with Gasteiger partial charge in [0, 0.05) is 56.6 Å². The van der Waals surface area contributed by atoms with Gasteiger partial charge >= 0.3 is 0 Å². The molecule has 158 valence electrons. The van der Waals surface area contributed by atoms with E-state index >= 15 is 0 Å². The fourth-order valence-electron chi connectivity index (χ4n) is 3.55. The van der Waals surface area contributed by atoms with Crippen LogP contribution in [0.25, 0.3) is 22.8 Å². The summed E-state index contributed by atoms with van der Waals surface area (Å²) < 4.78 is 33.4. The number of hydrogen-bond acceptors (Lipinski definition) is 6. The average Bonchev–Trinajstić information content (AvgIpc) is 3.24. The van der Waals surface area contributed by atoms with Gasteiger partial charge < -0.3 is 14.6 Å². The van der Waals surface area contributed by atoms with Gasteiger partial charge in [0.05, 0.1) is 11.1 Å². The second kappa shape index (κ2) is 8.22. The molecule has 0 aliphatic carbocycles. The van der Waals surface area contributed by atoms with Gasteiger partial charge in [0.2, 0.25) is 15.9 Å². The molecule has 0 spiro atoms. The van der Waals surface area contributed by atoms with Crippen molar-refractivity contribution in [2.24, 2.45) is 0 Å². The van der Waals surface area contributed by atoms with Crippen molar-refractivity contribution in [3.05, 3.63) is 54.7 Å². The molecule has 0 bridgehead atoms. The highest BCUT2D eigenvalue weighted by Gasteiger charge is 2.30. The van der Waals surface area contributed by atoms with E-state index in [0.29, 0.717) is 31.3 Å². The quantitative estimate of drug-likeness (QED) is 0.676. The fraction of sp³-hybridized carbons (Fsp3) is 0.318. The van der Waals surface area contributed by atoms with E-state index < -0.39 is 10.0 Å². The second-order valence-electron chi connectivity index (χ2n) is 7.66. The maximum absolute atomic E-state index is 13.0. The van der Waals surface area contributed by atoms with Gasteiger partial charge in [0.25, 0.3) is 0 Å². The number of benzene rings is 2. The van der Waals surface area contributed by atoms with Crippen LogP contribution in [-0.4, -0.2) is 57.5 Å². The van der Waals surface area contributed by atoms with E-state index in [0.717, 1.165) is 16.8 Å². The number of hydrogen-bond donors (Lipinski definition) is 1. The van der Waals surface area contributed by atoms with Crippen molar-refractivity contribution in [2.45, 2.75) is 17.9 Å².